The summed E-state index contributed by atoms with van der Waals surface area (Å²) in [5.74, 6) is 5.31. The van der Waals surface area contributed by atoms with E-state index in [-0.39, 0.29) is 17.2 Å². The number of ketones is 1. The van der Waals surface area contributed by atoms with Gasteiger partial charge in [-0.05, 0) is 63.7 Å². The van der Waals surface area contributed by atoms with Gasteiger partial charge in [0.25, 0.3) is 0 Å². The van der Waals surface area contributed by atoms with E-state index in [0.717, 1.165) is 18.4 Å². The number of ether oxygens (including phenoxy) is 1. The fraction of sp³-hybridized carbons (Fsp3) is 0.524. The molecule has 1 aliphatic rings. The normalized spacial score (nSPS) is 23.3. The molecule has 1 aromatic rings. The predicted molar refractivity (Wildman–Crippen MR) is 99.4 cm³/mol. The molecule has 4 heteroatoms. The predicted octanol–water partition coefficient (Wildman–Crippen LogP) is 4.70. The molecule has 2 atom stereocenters. The number of halogens is 1. The smallest absolute Gasteiger partial charge is 0.302 e. The van der Waals surface area contributed by atoms with Crippen LogP contribution in [0, 0.1) is 17.3 Å². The number of carbonyl (C=O) groups is 2. The average molecular weight is 361 g/mol. The lowest BCUT2D eigenvalue weighted by atomic mass is 9.64. The third-order valence-electron chi connectivity index (χ3n) is 4.46. The summed E-state index contributed by atoms with van der Waals surface area (Å²) in [4.78, 5) is 24.9. The average Bonchev–Trinajstić information content (AvgIpc) is 2.53. The van der Waals surface area contributed by atoms with Crippen LogP contribution in [0.5, 0.6) is 0 Å². The van der Waals surface area contributed by atoms with Gasteiger partial charge in [-0.1, -0.05) is 36.1 Å². The summed E-state index contributed by atoms with van der Waals surface area (Å²) in [5.41, 5.74) is -0.383. The van der Waals surface area contributed by atoms with E-state index in [1.165, 1.54) is 6.92 Å². The van der Waals surface area contributed by atoms with Gasteiger partial charge in [-0.2, -0.15) is 0 Å². The first-order chi connectivity index (χ1) is 11.6. The molecule has 1 saturated carbocycles. The molecular weight excluding hydrogens is 336 g/mol. The molecule has 0 spiro atoms. The van der Waals surface area contributed by atoms with Crippen LogP contribution in [-0.2, 0) is 19.7 Å². The second-order valence-corrected chi connectivity index (χ2v) is 8.09. The molecule has 2 rings (SSSR count). The molecule has 3 nitrogen and oxygen atoms in total. The highest BCUT2D eigenvalue weighted by molar-refractivity contribution is 6.30. The van der Waals surface area contributed by atoms with Crippen molar-refractivity contribution in [2.45, 2.75) is 64.9 Å². The van der Waals surface area contributed by atoms with Crippen LogP contribution in [0.3, 0.4) is 0 Å². The fourth-order valence-corrected chi connectivity index (χ4v) is 3.45. The molecule has 0 heterocycles. The van der Waals surface area contributed by atoms with Crippen molar-refractivity contribution in [3.8, 4) is 11.8 Å². The van der Waals surface area contributed by atoms with E-state index in [2.05, 4.69) is 11.8 Å². The topological polar surface area (TPSA) is 43.4 Å². The Hall–Kier alpha value is -1.79. The SMILES string of the molecule is CC(=O)O[C@H]1CCCC[C@@]1(C(=O)C#CC(C)(C)C)c1ccc(Cl)cc1. The summed E-state index contributed by atoms with van der Waals surface area (Å²) >= 11 is 6.02. The molecule has 0 aromatic heterocycles. The lowest BCUT2D eigenvalue weighted by molar-refractivity contribution is -0.154. The van der Waals surface area contributed by atoms with Crippen LogP contribution in [0.2, 0.25) is 5.02 Å². The minimum absolute atomic E-state index is 0.185. The van der Waals surface area contributed by atoms with Crippen LogP contribution in [0.1, 0.15) is 58.9 Å². The largest absolute Gasteiger partial charge is 0.461 e. The summed E-state index contributed by atoms with van der Waals surface area (Å²) in [5, 5.41) is 0.604. The van der Waals surface area contributed by atoms with Gasteiger partial charge < -0.3 is 4.74 Å². The van der Waals surface area contributed by atoms with Crippen molar-refractivity contribution in [3.63, 3.8) is 0 Å². The number of carbonyl (C=O) groups excluding carboxylic acids is 2. The van der Waals surface area contributed by atoms with Crippen molar-refractivity contribution in [1.82, 2.24) is 0 Å². The number of benzene rings is 1. The van der Waals surface area contributed by atoms with Crippen molar-refractivity contribution in [3.05, 3.63) is 34.9 Å². The molecule has 1 aromatic carbocycles. The molecule has 0 N–H and O–H groups in total. The second kappa shape index (κ2) is 7.62. The minimum atomic E-state index is -0.924. The Morgan fingerprint density at radius 1 is 1.20 bits per heavy atom. The standard InChI is InChI=1S/C21H25ClO3/c1-15(23)25-19-7-5-6-13-21(19,16-8-10-17(22)11-9-16)18(24)12-14-20(2,3)4/h8-11,19H,5-7,13H2,1-4H3/t19-,21-/m0/s1. The number of hydrogen-bond acceptors (Lipinski definition) is 3. The van der Waals surface area contributed by atoms with Gasteiger partial charge >= 0.3 is 5.97 Å². The fourth-order valence-electron chi connectivity index (χ4n) is 3.32. The number of rotatable bonds is 3. The molecule has 134 valence electrons. The first kappa shape index (κ1) is 19.5. The van der Waals surface area contributed by atoms with Crippen molar-refractivity contribution < 1.29 is 14.3 Å². The minimum Gasteiger partial charge on any atom is -0.461 e. The Morgan fingerprint density at radius 3 is 2.40 bits per heavy atom. The molecule has 1 aliphatic carbocycles. The summed E-state index contributed by atoms with van der Waals surface area (Å²) in [6, 6.07) is 7.23. The van der Waals surface area contributed by atoms with Crippen LogP contribution in [0.4, 0.5) is 0 Å². The van der Waals surface area contributed by atoms with E-state index >= 15 is 0 Å². The van der Waals surface area contributed by atoms with Gasteiger partial charge in [0.05, 0.1) is 0 Å². The Balaban J connectivity index is 2.56. The Morgan fingerprint density at radius 2 is 1.84 bits per heavy atom. The number of Topliss-reactive ketones (excluding diaryl/α,β-unsaturated/α-hetero) is 1. The van der Waals surface area contributed by atoms with Gasteiger partial charge in [-0.3, -0.25) is 9.59 Å². The van der Waals surface area contributed by atoms with E-state index in [1.54, 1.807) is 12.1 Å². The quantitative estimate of drug-likeness (QED) is 0.445. The van der Waals surface area contributed by atoms with E-state index in [0.29, 0.717) is 17.9 Å². The van der Waals surface area contributed by atoms with Gasteiger partial charge in [-0.25, -0.2) is 0 Å². The first-order valence-electron chi connectivity index (χ1n) is 8.66. The zero-order chi connectivity index (χ0) is 18.7. The van der Waals surface area contributed by atoms with E-state index in [1.807, 2.05) is 32.9 Å². The van der Waals surface area contributed by atoms with E-state index < -0.39 is 11.5 Å². The van der Waals surface area contributed by atoms with E-state index in [4.69, 9.17) is 16.3 Å². The molecular formula is C21H25ClO3. The maximum atomic E-state index is 13.2. The van der Waals surface area contributed by atoms with Gasteiger partial charge in [0.1, 0.15) is 11.5 Å². The van der Waals surface area contributed by atoms with Crippen LogP contribution in [-0.4, -0.2) is 17.9 Å². The monoisotopic (exact) mass is 360 g/mol. The molecule has 0 bridgehead atoms. The second-order valence-electron chi connectivity index (χ2n) is 7.65. The molecule has 0 unspecified atom stereocenters. The van der Waals surface area contributed by atoms with Crippen LogP contribution >= 0.6 is 11.6 Å². The third kappa shape index (κ3) is 4.64. The Kier molecular flexibility index (Phi) is 5.95. The third-order valence-corrected chi connectivity index (χ3v) is 4.71. The summed E-state index contributed by atoms with van der Waals surface area (Å²) in [6.45, 7) is 7.28. The van der Waals surface area contributed by atoms with E-state index in [9.17, 15) is 9.59 Å². The lowest BCUT2D eigenvalue weighted by Gasteiger charge is -2.41. The van der Waals surface area contributed by atoms with Crippen molar-refractivity contribution in [2.24, 2.45) is 5.41 Å². The molecule has 0 aliphatic heterocycles. The Bertz CT molecular complexity index is 703. The number of hydrogen-bond donors (Lipinski definition) is 0. The summed E-state index contributed by atoms with van der Waals surface area (Å²) in [7, 11) is 0. The molecule has 0 saturated heterocycles. The van der Waals surface area contributed by atoms with Crippen LogP contribution in [0.15, 0.2) is 24.3 Å². The van der Waals surface area contributed by atoms with Gasteiger partial charge in [-0.15, -0.1) is 0 Å². The summed E-state index contributed by atoms with van der Waals surface area (Å²) in [6.07, 6.45) is 2.59. The highest BCUT2D eigenvalue weighted by Gasteiger charge is 2.49. The van der Waals surface area contributed by atoms with Crippen LogP contribution in [0.25, 0.3) is 0 Å². The van der Waals surface area contributed by atoms with Crippen LogP contribution < -0.4 is 0 Å². The maximum Gasteiger partial charge on any atom is 0.302 e. The zero-order valence-corrected chi connectivity index (χ0v) is 16.1. The first-order valence-corrected chi connectivity index (χ1v) is 9.04. The molecule has 0 radical (unpaired) electrons. The van der Waals surface area contributed by atoms with Crippen molar-refractivity contribution in [1.29, 1.82) is 0 Å². The zero-order valence-electron chi connectivity index (χ0n) is 15.3. The maximum absolute atomic E-state index is 13.2. The molecule has 25 heavy (non-hydrogen) atoms. The van der Waals surface area contributed by atoms with Gasteiger partial charge in [0.2, 0.25) is 5.78 Å². The highest BCUT2D eigenvalue weighted by Crippen LogP contribution is 2.42. The summed E-state index contributed by atoms with van der Waals surface area (Å²) < 4.78 is 5.58. The van der Waals surface area contributed by atoms with Crippen molar-refractivity contribution in [2.75, 3.05) is 0 Å². The molecule has 0 amide bonds. The van der Waals surface area contributed by atoms with Gasteiger partial charge in [0, 0.05) is 17.4 Å². The van der Waals surface area contributed by atoms with Gasteiger partial charge in [0.15, 0.2) is 0 Å². The van der Waals surface area contributed by atoms with Crippen molar-refractivity contribution >= 4 is 23.4 Å². The lowest BCUT2D eigenvalue weighted by Crippen LogP contribution is -2.50. The molecule has 1 fully saturated rings. The Labute approximate surface area is 155 Å². The highest BCUT2D eigenvalue weighted by atomic mass is 35.5. The number of esters is 1.